The van der Waals surface area contributed by atoms with Gasteiger partial charge in [0.05, 0.1) is 0 Å². The van der Waals surface area contributed by atoms with Crippen molar-refractivity contribution in [2.24, 2.45) is 0 Å². The van der Waals surface area contributed by atoms with Gasteiger partial charge in [-0.1, -0.05) is 109 Å². The first kappa shape index (κ1) is 27.3. The molecule has 204 valence electrons. The van der Waals surface area contributed by atoms with Gasteiger partial charge in [-0.2, -0.15) is 0 Å². The van der Waals surface area contributed by atoms with Gasteiger partial charge in [-0.15, -0.1) is 0 Å². The van der Waals surface area contributed by atoms with Gasteiger partial charge in [0.1, 0.15) is 31.8 Å². The van der Waals surface area contributed by atoms with Crippen LogP contribution in [0.1, 0.15) is 0 Å². The van der Waals surface area contributed by atoms with Crippen LogP contribution in [0.5, 0.6) is 0 Å². The van der Waals surface area contributed by atoms with E-state index in [-0.39, 0.29) is 0 Å². The summed E-state index contributed by atoms with van der Waals surface area (Å²) in [6, 6.07) is 66.2. The first-order valence-electron chi connectivity index (χ1n) is 14.1. The molecule has 1 heterocycles. The Hall–Kier alpha value is -3.51. The fourth-order valence-corrected chi connectivity index (χ4v) is 23.1. The third kappa shape index (κ3) is 4.74. The fraction of sp³-hybridized carbons (Fsp3) is 0. The first-order chi connectivity index (χ1) is 20.8. The minimum atomic E-state index is -2.46. The van der Waals surface area contributed by atoms with Crippen molar-refractivity contribution >= 4 is 54.5 Å². The van der Waals surface area contributed by atoms with Crippen molar-refractivity contribution in [3.8, 4) is 0 Å². The Bertz CT molecular complexity index is 1400. The molecular weight excluding hydrogens is 567 g/mol. The monoisotopic (exact) mass is 600 g/mol. The molecule has 0 unspecified atom stereocenters. The van der Waals surface area contributed by atoms with Crippen LogP contribution in [0.25, 0.3) is 0 Å². The highest BCUT2D eigenvalue weighted by molar-refractivity contribution is 8.13. The predicted molar refractivity (Wildman–Crippen MR) is 187 cm³/mol. The van der Waals surface area contributed by atoms with Crippen LogP contribution in [0.2, 0.25) is 0 Å². The summed E-state index contributed by atoms with van der Waals surface area (Å²) in [5.74, 6) is 0. The van der Waals surface area contributed by atoms with Gasteiger partial charge >= 0.3 is 0 Å². The zero-order valence-corrected chi connectivity index (χ0v) is 25.8. The van der Waals surface area contributed by atoms with Crippen molar-refractivity contribution in [3.05, 3.63) is 182 Å². The molecule has 6 aromatic carbocycles. The number of rotatable bonds is 6. The van der Waals surface area contributed by atoms with E-state index in [9.17, 15) is 0 Å². The first-order valence-corrected chi connectivity index (χ1v) is 19.5. The van der Waals surface area contributed by atoms with Gasteiger partial charge in [0.15, 0.2) is 0 Å². The van der Waals surface area contributed by atoms with Crippen molar-refractivity contribution in [2.75, 3.05) is 0 Å². The van der Waals surface area contributed by atoms with Crippen molar-refractivity contribution in [1.82, 2.24) is 14.6 Å². The van der Waals surface area contributed by atoms with E-state index in [1.165, 1.54) is 31.8 Å². The molecule has 0 aromatic heterocycles. The average molecular weight is 601 g/mol. The van der Waals surface area contributed by atoms with E-state index in [4.69, 9.17) is 0 Å². The summed E-state index contributed by atoms with van der Waals surface area (Å²) in [5, 5.41) is 7.70. The molecule has 3 nitrogen and oxygen atoms in total. The second kappa shape index (κ2) is 11.6. The van der Waals surface area contributed by atoms with E-state index < -0.39 is 22.7 Å². The van der Waals surface area contributed by atoms with Gasteiger partial charge in [-0.05, 0) is 87.4 Å². The molecule has 6 aromatic rings. The second-order valence-electron chi connectivity index (χ2n) is 10.3. The number of benzene rings is 6. The lowest BCUT2D eigenvalue weighted by atomic mass is 10.4. The van der Waals surface area contributed by atoms with Crippen LogP contribution in [-0.2, 0) is 0 Å². The highest BCUT2D eigenvalue weighted by atomic mass is 31.3. The summed E-state index contributed by atoms with van der Waals surface area (Å²) in [6.45, 7) is 0. The maximum absolute atomic E-state index is 4.47. The molecular formula is C36H33N3P3+3. The average Bonchev–Trinajstić information content (AvgIpc) is 3.10. The predicted octanol–water partition coefficient (Wildman–Crippen LogP) is 6.26. The Kier molecular flexibility index (Phi) is 7.57. The van der Waals surface area contributed by atoms with Crippen molar-refractivity contribution in [2.45, 2.75) is 0 Å². The number of hydrogen-bond acceptors (Lipinski definition) is 3. The topological polar surface area (TPSA) is 36.1 Å². The Labute approximate surface area is 250 Å². The van der Waals surface area contributed by atoms with Crippen molar-refractivity contribution in [3.63, 3.8) is 0 Å². The number of nitrogens with one attached hydrogen (secondary N) is 3. The summed E-state index contributed by atoms with van der Waals surface area (Å²) >= 11 is 0. The number of hydrogen-bond donors (Lipinski definition) is 3. The Balaban J connectivity index is 1.64. The van der Waals surface area contributed by atoms with Crippen LogP contribution in [0.3, 0.4) is 0 Å². The van der Waals surface area contributed by atoms with E-state index in [2.05, 4.69) is 197 Å². The highest BCUT2D eigenvalue weighted by Gasteiger charge is 2.74. The zero-order chi connectivity index (χ0) is 28.3. The van der Waals surface area contributed by atoms with E-state index >= 15 is 0 Å². The zero-order valence-electron chi connectivity index (χ0n) is 23.2. The molecule has 3 N–H and O–H groups in total. The van der Waals surface area contributed by atoms with Gasteiger partial charge in [0.25, 0.3) is 22.7 Å². The molecule has 0 bridgehead atoms. The van der Waals surface area contributed by atoms with Gasteiger partial charge in [-0.25, -0.2) is 0 Å². The van der Waals surface area contributed by atoms with Crippen LogP contribution in [0.15, 0.2) is 182 Å². The van der Waals surface area contributed by atoms with Crippen LogP contribution >= 0.6 is 22.7 Å². The van der Waals surface area contributed by atoms with Gasteiger partial charge in [0, 0.05) is 0 Å². The van der Waals surface area contributed by atoms with Gasteiger partial charge < -0.3 is 0 Å². The maximum atomic E-state index is 4.47. The van der Waals surface area contributed by atoms with E-state index in [0.717, 1.165) is 0 Å². The summed E-state index contributed by atoms with van der Waals surface area (Å²) in [7, 11) is -7.39. The smallest absolute Gasteiger partial charge is 0.0620 e. The molecule has 0 spiro atoms. The second-order valence-corrected chi connectivity index (χ2v) is 19.8. The summed E-state index contributed by atoms with van der Waals surface area (Å²) < 4.78 is 0. The third-order valence-electron chi connectivity index (χ3n) is 7.76. The largest absolute Gasteiger partial charge is 0.290 e. The standard InChI is InChI=1S/C36H33N3P3/c1-7-19-31(20-8-1)40(32-21-9-2-10-22-32)37-41(33-23-11-3-12-24-33,34-25-13-4-14-26-34)39-42(38-40,35-27-15-5-16-28-35)36-29-17-6-18-30-36/h1-30,37-39H/q+3. The molecule has 1 fully saturated rings. The Morgan fingerprint density at radius 3 is 0.500 bits per heavy atom. The third-order valence-corrected chi connectivity index (χ3v) is 21.4. The lowest BCUT2D eigenvalue weighted by Crippen LogP contribution is -2.59. The molecule has 7 rings (SSSR count). The SMILES string of the molecule is c1ccc([P+]2(c3ccccc3)N[P+](c3ccccc3)(c3ccccc3)N[P+](c3ccccc3)(c3ccccc3)N2)cc1. The van der Waals surface area contributed by atoms with Gasteiger partial charge in [0.2, 0.25) is 0 Å². The van der Waals surface area contributed by atoms with Crippen molar-refractivity contribution in [1.29, 1.82) is 0 Å². The molecule has 1 aliphatic heterocycles. The minimum Gasteiger partial charge on any atom is -0.0620 e. The molecule has 0 aliphatic carbocycles. The normalized spacial score (nSPS) is 16.9. The minimum absolute atomic E-state index is 1.28. The summed E-state index contributed by atoms with van der Waals surface area (Å²) in [4.78, 5) is 13.4. The fourth-order valence-electron chi connectivity index (χ4n) is 5.79. The van der Waals surface area contributed by atoms with Crippen molar-refractivity contribution < 1.29 is 0 Å². The molecule has 0 amide bonds. The molecule has 1 aliphatic rings. The molecule has 1 saturated heterocycles. The van der Waals surface area contributed by atoms with E-state index in [0.29, 0.717) is 0 Å². The molecule has 0 saturated carbocycles. The summed E-state index contributed by atoms with van der Waals surface area (Å²) in [6.07, 6.45) is 0. The van der Waals surface area contributed by atoms with Crippen LogP contribution in [-0.4, -0.2) is 0 Å². The molecule has 0 radical (unpaired) electrons. The van der Waals surface area contributed by atoms with Crippen LogP contribution < -0.4 is 46.4 Å². The highest BCUT2D eigenvalue weighted by Crippen LogP contribution is 2.77. The Morgan fingerprint density at radius 1 is 0.214 bits per heavy atom. The lowest BCUT2D eigenvalue weighted by molar-refractivity contribution is 1.30. The van der Waals surface area contributed by atoms with E-state index in [1.807, 2.05) is 0 Å². The maximum Gasteiger partial charge on any atom is 0.290 e. The molecule has 0 atom stereocenters. The lowest BCUT2D eigenvalue weighted by Gasteiger charge is -2.42. The summed E-state index contributed by atoms with van der Waals surface area (Å²) in [5.41, 5.74) is 0. The molecule has 6 heteroatoms. The molecule has 42 heavy (non-hydrogen) atoms. The Morgan fingerprint density at radius 2 is 0.357 bits per heavy atom. The van der Waals surface area contributed by atoms with Gasteiger partial charge in [-0.3, -0.25) is 0 Å². The van der Waals surface area contributed by atoms with Crippen LogP contribution in [0, 0.1) is 0 Å². The van der Waals surface area contributed by atoms with Crippen LogP contribution in [0.4, 0.5) is 0 Å². The van der Waals surface area contributed by atoms with E-state index in [1.54, 1.807) is 0 Å². The quantitative estimate of drug-likeness (QED) is 0.198.